The van der Waals surface area contributed by atoms with Crippen LogP contribution in [0.3, 0.4) is 0 Å². The van der Waals surface area contributed by atoms with Gasteiger partial charge in [0, 0.05) is 38.8 Å². The van der Waals surface area contributed by atoms with Crippen LogP contribution in [0.1, 0.15) is 26.2 Å². The molecule has 1 N–H and O–H groups in total. The third kappa shape index (κ3) is 2.96. The second kappa shape index (κ2) is 6.25. The van der Waals surface area contributed by atoms with Crippen molar-refractivity contribution in [2.24, 2.45) is 0 Å². The minimum absolute atomic E-state index is 0.392. The molecule has 2 bridgehead atoms. The maximum atomic E-state index is 5.95. The number of allylic oxidation sites excluding steroid dienone is 1. The smallest absolute Gasteiger partial charge is 0.111 e. The molecule has 2 unspecified atom stereocenters. The first-order valence-corrected chi connectivity index (χ1v) is 7.91. The van der Waals surface area contributed by atoms with Gasteiger partial charge in [0.2, 0.25) is 0 Å². The molecule has 3 saturated heterocycles. The Balaban J connectivity index is 1.72. The average Bonchev–Trinajstić information content (AvgIpc) is 2.50. The SMILES string of the molecule is CCCNC(C1=CCCCO1)C1CN2CCN1CC2. The van der Waals surface area contributed by atoms with Crippen molar-refractivity contribution >= 4 is 0 Å². The van der Waals surface area contributed by atoms with E-state index in [4.69, 9.17) is 4.74 Å². The van der Waals surface area contributed by atoms with E-state index in [-0.39, 0.29) is 0 Å². The van der Waals surface area contributed by atoms with Gasteiger partial charge in [-0.1, -0.05) is 6.92 Å². The topological polar surface area (TPSA) is 27.7 Å². The molecule has 0 aromatic heterocycles. The van der Waals surface area contributed by atoms with E-state index >= 15 is 0 Å². The summed E-state index contributed by atoms with van der Waals surface area (Å²) >= 11 is 0. The summed E-state index contributed by atoms with van der Waals surface area (Å²) in [5, 5.41) is 3.73. The van der Waals surface area contributed by atoms with E-state index in [9.17, 15) is 0 Å². The quantitative estimate of drug-likeness (QED) is 0.804. The Labute approximate surface area is 116 Å². The molecule has 4 nitrogen and oxygen atoms in total. The molecular formula is C15H27N3O. The van der Waals surface area contributed by atoms with Crippen molar-refractivity contribution in [3.8, 4) is 0 Å². The van der Waals surface area contributed by atoms with Crippen LogP contribution in [0.4, 0.5) is 0 Å². The Morgan fingerprint density at radius 1 is 1.37 bits per heavy atom. The van der Waals surface area contributed by atoms with Crippen molar-refractivity contribution in [1.29, 1.82) is 0 Å². The summed E-state index contributed by atoms with van der Waals surface area (Å²) in [6, 6.07) is 0.988. The number of fused-ring (bicyclic) bond motifs is 3. The first kappa shape index (κ1) is 13.4. The first-order valence-electron chi connectivity index (χ1n) is 7.91. The van der Waals surface area contributed by atoms with E-state index in [0.29, 0.717) is 12.1 Å². The van der Waals surface area contributed by atoms with Crippen molar-refractivity contribution in [1.82, 2.24) is 15.1 Å². The molecule has 0 aliphatic carbocycles. The van der Waals surface area contributed by atoms with Crippen molar-refractivity contribution in [3.05, 3.63) is 11.8 Å². The molecule has 3 fully saturated rings. The lowest BCUT2D eigenvalue weighted by Gasteiger charge is -2.50. The second-order valence-electron chi connectivity index (χ2n) is 5.93. The second-order valence-corrected chi connectivity index (χ2v) is 5.93. The van der Waals surface area contributed by atoms with Gasteiger partial charge >= 0.3 is 0 Å². The summed E-state index contributed by atoms with van der Waals surface area (Å²) in [6.07, 6.45) is 5.84. The third-order valence-electron chi connectivity index (χ3n) is 4.59. The molecule has 0 aromatic carbocycles. The molecule has 4 heteroatoms. The van der Waals surface area contributed by atoms with Gasteiger partial charge in [0.05, 0.1) is 12.6 Å². The Kier molecular flexibility index (Phi) is 4.41. The molecule has 4 aliphatic heterocycles. The average molecular weight is 265 g/mol. The largest absolute Gasteiger partial charge is 0.497 e. The number of piperazine rings is 3. The van der Waals surface area contributed by atoms with E-state index < -0.39 is 0 Å². The van der Waals surface area contributed by atoms with Crippen molar-refractivity contribution in [2.45, 2.75) is 38.3 Å². The van der Waals surface area contributed by atoms with Gasteiger partial charge in [-0.2, -0.15) is 0 Å². The highest BCUT2D eigenvalue weighted by atomic mass is 16.5. The molecule has 0 spiro atoms. The summed E-state index contributed by atoms with van der Waals surface area (Å²) in [5.74, 6) is 1.21. The maximum absolute atomic E-state index is 5.95. The van der Waals surface area contributed by atoms with Crippen LogP contribution in [0.2, 0.25) is 0 Å². The van der Waals surface area contributed by atoms with Crippen LogP contribution >= 0.6 is 0 Å². The third-order valence-corrected chi connectivity index (χ3v) is 4.59. The molecule has 4 rings (SSSR count). The van der Waals surface area contributed by atoms with Crippen molar-refractivity contribution < 1.29 is 4.74 Å². The number of hydrogen-bond donors (Lipinski definition) is 1. The monoisotopic (exact) mass is 265 g/mol. The standard InChI is InChI=1S/C15H27N3O/c1-2-6-16-15(14-5-3-4-11-19-14)13-12-17-7-9-18(13)10-8-17/h5,13,15-16H,2-4,6-12H2,1H3. The van der Waals surface area contributed by atoms with Crippen molar-refractivity contribution in [3.63, 3.8) is 0 Å². The van der Waals surface area contributed by atoms with Crippen LogP contribution in [-0.2, 0) is 4.74 Å². The van der Waals surface area contributed by atoms with Gasteiger partial charge in [0.25, 0.3) is 0 Å². The summed E-state index contributed by atoms with van der Waals surface area (Å²) in [5.41, 5.74) is 0. The van der Waals surface area contributed by atoms with Crippen LogP contribution in [0.5, 0.6) is 0 Å². The fraction of sp³-hybridized carbons (Fsp3) is 0.867. The van der Waals surface area contributed by atoms with Crippen LogP contribution < -0.4 is 5.32 Å². The molecule has 0 saturated carbocycles. The fourth-order valence-corrected chi connectivity index (χ4v) is 3.49. The molecule has 4 heterocycles. The summed E-state index contributed by atoms with van der Waals surface area (Å²) in [6.45, 7) is 10.3. The van der Waals surface area contributed by atoms with E-state index in [2.05, 4.69) is 28.1 Å². The lowest BCUT2D eigenvalue weighted by molar-refractivity contribution is -0.00819. The van der Waals surface area contributed by atoms with E-state index in [1.807, 2.05) is 0 Å². The highest BCUT2D eigenvalue weighted by molar-refractivity contribution is 5.12. The summed E-state index contributed by atoms with van der Waals surface area (Å²) < 4.78 is 5.95. The molecule has 2 atom stereocenters. The van der Waals surface area contributed by atoms with Crippen LogP contribution in [0.15, 0.2) is 11.8 Å². The summed E-state index contributed by atoms with van der Waals surface area (Å²) in [4.78, 5) is 5.26. The minimum Gasteiger partial charge on any atom is -0.497 e. The Morgan fingerprint density at radius 3 is 2.79 bits per heavy atom. The number of hydrogen-bond acceptors (Lipinski definition) is 4. The molecular weight excluding hydrogens is 238 g/mol. The lowest BCUT2D eigenvalue weighted by Crippen LogP contribution is -2.66. The molecule has 0 aromatic rings. The van der Waals surface area contributed by atoms with E-state index in [0.717, 1.165) is 13.2 Å². The molecule has 0 amide bonds. The molecule has 19 heavy (non-hydrogen) atoms. The molecule has 4 aliphatic rings. The van der Waals surface area contributed by atoms with Gasteiger partial charge in [-0.3, -0.25) is 9.80 Å². The normalized spacial score (nSPS) is 35.6. The zero-order valence-electron chi connectivity index (χ0n) is 12.1. The van der Waals surface area contributed by atoms with Gasteiger partial charge in [0.15, 0.2) is 0 Å². The van der Waals surface area contributed by atoms with E-state index in [1.165, 1.54) is 57.7 Å². The number of nitrogens with one attached hydrogen (secondary N) is 1. The highest BCUT2D eigenvalue weighted by Gasteiger charge is 2.38. The van der Waals surface area contributed by atoms with Gasteiger partial charge in [-0.15, -0.1) is 0 Å². The van der Waals surface area contributed by atoms with Gasteiger partial charge in [0.1, 0.15) is 5.76 Å². The Hall–Kier alpha value is -0.580. The zero-order chi connectivity index (χ0) is 13.1. The fourth-order valence-electron chi connectivity index (χ4n) is 3.49. The predicted octanol–water partition coefficient (Wildman–Crippen LogP) is 1.05. The molecule has 108 valence electrons. The van der Waals surface area contributed by atoms with Crippen LogP contribution in [-0.4, -0.2) is 67.8 Å². The summed E-state index contributed by atoms with van der Waals surface area (Å²) in [7, 11) is 0. The Morgan fingerprint density at radius 2 is 2.21 bits per heavy atom. The highest BCUT2D eigenvalue weighted by Crippen LogP contribution is 2.24. The van der Waals surface area contributed by atoms with Gasteiger partial charge in [-0.25, -0.2) is 0 Å². The lowest BCUT2D eigenvalue weighted by atomic mass is 9.97. The van der Waals surface area contributed by atoms with Crippen LogP contribution in [0.25, 0.3) is 0 Å². The number of rotatable bonds is 5. The number of ether oxygens (including phenoxy) is 1. The zero-order valence-corrected chi connectivity index (χ0v) is 12.1. The van der Waals surface area contributed by atoms with Crippen LogP contribution in [0, 0.1) is 0 Å². The molecule has 0 radical (unpaired) electrons. The number of nitrogens with zero attached hydrogens (tertiary/aromatic N) is 2. The maximum Gasteiger partial charge on any atom is 0.111 e. The minimum atomic E-state index is 0.392. The predicted molar refractivity (Wildman–Crippen MR) is 77.2 cm³/mol. The first-order chi connectivity index (χ1) is 9.38. The Bertz CT molecular complexity index is 323. The van der Waals surface area contributed by atoms with Gasteiger partial charge < -0.3 is 10.1 Å². The van der Waals surface area contributed by atoms with Crippen molar-refractivity contribution in [2.75, 3.05) is 45.9 Å². The van der Waals surface area contributed by atoms with Gasteiger partial charge in [-0.05, 0) is 31.9 Å². The van der Waals surface area contributed by atoms with E-state index in [1.54, 1.807) is 0 Å².